The van der Waals surface area contributed by atoms with Crippen molar-refractivity contribution >= 4 is 16.7 Å². The summed E-state index contributed by atoms with van der Waals surface area (Å²) in [6.45, 7) is 2.06. The number of carbonyl (C=O) groups excluding carboxylic acids is 1. The Labute approximate surface area is 101 Å². The monoisotopic (exact) mass is 228 g/mol. The maximum atomic E-state index is 11.3. The lowest BCUT2D eigenvalue weighted by atomic mass is 10.0. The standard InChI is InChI=1S/C14H16N2O/c1-9-3-4-11-8-12(6-5-10(11)7-9)13(16-2)14(15)17/h3-8,13,16H,1-2H3,(H2,15,17). The summed E-state index contributed by atoms with van der Waals surface area (Å²) < 4.78 is 0. The molecule has 0 fully saturated rings. The highest BCUT2D eigenvalue weighted by molar-refractivity contribution is 5.87. The molecule has 3 heteroatoms. The van der Waals surface area contributed by atoms with Gasteiger partial charge in [0.15, 0.2) is 0 Å². The Kier molecular flexibility index (Phi) is 3.11. The summed E-state index contributed by atoms with van der Waals surface area (Å²) in [6, 6.07) is 11.8. The first-order chi connectivity index (χ1) is 8.11. The molecule has 0 heterocycles. The van der Waals surface area contributed by atoms with Crippen LogP contribution in [0.3, 0.4) is 0 Å². The predicted molar refractivity (Wildman–Crippen MR) is 69.7 cm³/mol. The van der Waals surface area contributed by atoms with Crippen molar-refractivity contribution in [1.29, 1.82) is 0 Å². The third kappa shape index (κ3) is 2.29. The number of fused-ring (bicyclic) bond motifs is 1. The van der Waals surface area contributed by atoms with Crippen LogP contribution in [0.15, 0.2) is 36.4 Å². The van der Waals surface area contributed by atoms with Gasteiger partial charge in [-0.05, 0) is 36.4 Å². The lowest BCUT2D eigenvalue weighted by molar-refractivity contribution is -0.120. The van der Waals surface area contributed by atoms with Gasteiger partial charge in [0.1, 0.15) is 6.04 Å². The molecule has 0 aliphatic rings. The van der Waals surface area contributed by atoms with Crippen molar-refractivity contribution in [2.45, 2.75) is 13.0 Å². The maximum Gasteiger partial charge on any atom is 0.239 e. The Morgan fingerprint density at radius 1 is 1.18 bits per heavy atom. The highest BCUT2D eigenvalue weighted by atomic mass is 16.1. The summed E-state index contributed by atoms with van der Waals surface area (Å²) in [7, 11) is 1.73. The topological polar surface area (TPSA) is 55.1 Å². The molecular weight excluding hydrogens is 212 g/mol. The molecule has 0 radical (unpaired) electrons. The molecule has 1 atom stereocenters. The molecule has 2 rings (SSSR count). The first kappa shape index (κ1) is 11.6. The lowest BCUT2D eigenvalue weighted by Crippen LogP contribution is -2.31. The minimum absolute atomic E-state index is 0.362. The Balaban J connectivity index is 2.50. The van der Waals surface area contributed by atoms with Crippen molar-refractivity contribution in [1.82, 2.24) is 5.32 Å². The van der Waals surface area contributed by atoms with E-state index in [9.17, 15) is 4.79 Å². The highest BCUT2D eigenvalue weighted by Crippen LogP contribution is 2.21. The van der Waals surface area contributed by atoms with Gasteiger partial charge in [-0.25, -0.2) is 0 Å². The molecule has 3 N–H and O–H groups in total. The summed E-state index contributed by atoms with van der Waals surface area (Å²) in [5.74, 6) is -0.362. The Bertz CT molecular complexity index is 563. The molecule has 3 nitrogen and oxygen atoms in total. The van der Waals surface area contributed by atoms with Crippen LogP contribution in [0.2, 0.25) is 0 Å². The number of nitrogens with one attached hydrogen (secondary N) is 1. The van der Waals surface area contributed by atoms with E-state index in [2.05, 4.69) is 30.4 Å². The molecule has 0 spiro atoms. The van der Waals surface area contributed by atoms with E-state index < -0.39 is 6.04 Å². The second-order valence-corrected chi connectivity index (χ2v) is 4.23. The van der Waals surface area contributed by atoms with Crippen LogP contribution in [-0.4, -0.2) is 13.0 Å². The van der Waals surface area contributed by atoms with Gasteiger partial charge in [0.25, 0.3) is 0 Å². The number of carbonyl (C=O) groups is 1. The molecule has 0 bridgehead atoms. The number of benzene rings is 2. The maximum absolute atomic E-state index is 11.3. The van der Waals surface area contributed by atoms with Gasteiger partial charge < -0.3 is 11.1 Å². The first-order valence-electron chi connectivity index (χ1n) is 5.58. The van der Waals surface area contributed by atoms with Gasteiger partial charge in [-0.1, -0.05) is 35.9 Å². The molecule has 0 aliphatic carbocycles. The largest absolute Gasteiger partial charge is 0.368 e. The van der Waals surface area contributed by atoms with Crippen molar-refractivity contribution in [2.75, 3.05) is 7.05 Å². The van der Waals surface area contributed by atoms with E-state index >= 15 is 0 Å². The third-order valence-electron chi connectivity index (χ3n) is 2.93. The number of amides is 1. The molecular formula is C14H16N2O. The van der Waals surface area contributed by atoms with Gasteiger partial charge in [0.05, 0.1) is 0 Å². The molecule has 17 heavy (non-hydrogen) atoms. The van der Waals surface area contributed by atoms with E-state index in [1.165, 1.54) is 10.9 Å². The summed E-state index contributed by atoms with van der Waals surface area (Å²) >= 11 is 0. The van der Waals surface area contributed by atoms with Crippen LogP contribution < -0.4 is 11.1 Å². The number of hydrogen-bond acceptors (Lipinski definition) is 2. The average Bonchev–Trinajstić information content (AvgIpc) is 2.29. The van der Waals surface area contributed by atoms with Gasteiger partial charge in [0.2, 0.25) is 5.91 Å². The Morgan fingerprint density at radius 3 is 2.47 bits per heavy atom. The van der Waals surface area contributed by atoms with Crippen LogP contribution in [0.1, 0.15) is 17.2 Å². The van der Waals surface area contributed by atoms with Crippen LogP contribution in [0.4, 0.5) is 0 Å². The van der Waals surface area contributed by atoms with Gasteiger partial charge in [0, 0.05) is 0 Å². The van der Waals surface area contributed by atoms with E-state index in [-0.39, 0.29) is 5.91 Å². The zero-order chi connectivity index (χ0) is 12.4. The van der Waals surface area contributed by atoms with Crippen LogP contribution in [-0.2, 0) is 4.79 Å². The summed E-state index contributed by atoms with van der Waals surface area (Å²) in [5, 5.41) is 5.21. The van der Waals surface area contributed by atoms with Crippen molar-refractivity contribution < 1.29 is 4.79 Å². The van der Waals surface area contributed by atoms with Crippen molar-refractivity contribution in [3.05, 3.63) is 47.5 Å². The van der Waals surface area contributed by atoms with Gasteiger partial charge in [-0.3, -0.25) is 4.79 Å². The smallest absolute Gasteiger partial charge is 0.239 e. The van der Waals surface area contributed by atoms with Crippen molar-refractivity contribution in [3.63, 3.8) is 0 Å². The molecule has 0 saturated carbocycles. The van der Waals surface area contributed by atoms with Gasteiger partial charge >= 0.3 is 0 Å². The minimum Gasteiger partial charge on any atom is -0.368 e. The van der Waals surface area contributed by atoms with Crippen LogP contribution >= 0.6 is 0 Å². The number of primary amides is 1. The molecule has 0 aliphatic heterocycles. The van der Waals surface area contributed by atoms with Crippen LogP contribution in [0, 0.1) is 6.92 Å². The number of hydrogen-bond donors (Lipinski definition) is 2. The Morgan fingerprint density at radius 2 is 1.82 bits per heavy atom. The second kappa shape index (κ2) is 4.55. The number of nitrogens with two attached hydrogens (primary N) is 1. The fraction of sp³-hybridized carbons (Fsp3) is 0.214. The van der Waals surface area contributed by atoms with E-state index in [1.54, 1.807) is 7.05 Å². The third-order valence-corrected chi connectivity index (χ3v) is 2.93. The molecule has 1 amide bonds. The summed E-state index contributed by atoms with van der Waals surface area (Å²) in [6.07, 6.45) is 0. The van der Waals surface area contributed by atoms with Crippen molar-refractivity contribution in [2.24, 2.45) is 5.73 Å². The predicted octanol–water partition coefficient (Wildman–Crippen LogP) is 1.89. The van der Waals surface area contributed by atoms with Gasteiger partial charge in [-0.2, -0.15) is 0 Å². The van der Waals surface area contributed by atoms with Crippen molar-refractivity contribution in [3.8, 4) is 0 Å². The molecule has 1 unspecified atom stereocenters. The molecule has 88 valence electrons. The number of likely N-dealkylation sites (N-methyl/N-ethyl adjacent to an activating group) is 1. The lowest BCUT2D eigenvalue weighted by Gasteiger charge is -2.13. The molecule has 0 saturated heterocycles. The van der Waals surface area contributed by atoms with Gasteiger partial charge in [-0.15, -0.1) is 0 Å². The number of rotatable bonds is 3. The van der Waals surface area contributed by atoms with Crippen LogP contribution in [0.5, 0.6) is 0 Å². The zero-order valence-electron chi connectivity index (χ0n) is 10.0. The van der Waals surface area contributed by atoms with E-state index in [0.717, 1.165) is 10.9 Å². The van der Waals surface area contributed by atoms with E-state index in [4.69, 9.17) is 5.73 Å². The summed E-state index contributed by atoms with van der Waals surface area (Å²) in [4.78, 5) is 11.3. The average molecular weight is 228 g/mol. The fourth-order valence-corrected chi connectivity index (χ4v) is 2.04. The summed E-state index contributed by atoms with van der Waals surface area (Å²) in [5.41, 5.74) is 7.47. The molecule has 2 aromatic rings. The van der Waals surface area contributed by atoms with E-state index in [1.807, 2.05) is 18.2 Å². The molecule has 2 aromatic carbocycles. The highest BCUT2D eigenvalue weighted by Gasteiger charge is 2.15. The fourth-order valence-electron chi connectivity index (χ4n) is 2.04. The second-order valence-electron chi connectivity index (χ2n) is 4.23. The Hall–Kier alpha value is -1.87. The van der Waals surface area contributed by atoms with Crippen LogP contribution in [0.25, 0.3) is 10.8 Å². The quantitative estimate of drug-likeness (QED) is 0.843. The number of aryl methyl sites for hydroxylation is 1. The normalized spacial score (nSPS) is 12.6. The van der Waals surface area contributed by atoms with E-state index in [0.29, 0.717) is 0 Å². The SMILES string of the molecule is CNC(C(N)=O)c1ccc2cc(C)ccc2c1. The molecule has 0 aromatic heterocycles. The minimum atomic E-state index is -0.430. The zero-order valence-corrected chi connectivity index (χ0v) is 10.0. The first-order valence-corrected chi connectivity index (χ1v) is 5.58.